The number of carbonyl (C=O) groups is 1. The molecule has 1 unspecified atom stereocenters. The first-order valence-electron chi connectivity index (χ1n) is 8.31. The first-order chi connectivity index (χ1) is 12.0. The van der Waals surface area contributed by atoms with Crippen molar-refractivity contribution >= 4 is 17.7 Å². The summed E-state index contributed by atoms with van der Waals surface area (Å²) in [5, 5.41) is 3.16. The molecule has 1 heterocycles. The van der Waals surface area contributed by atoms with Gasteiger partial charge in [0.2, 0.25) is 5.91 Å². The van der Waals surface area contributed by atoms with Crippen molar-refractivity contribution in [3.05, 3.63) is 54.1 Å². The lowest BCUT2D eigenvalue weighted by Crippen LogP contribution is -2.41. The summed E-state index contributed by atoms with van der Waals surface area (Å²) in [5.41, 5.74) is 0.655. The van der Waals surface area contributed by atoms with Crippen LogP contribution in [-0.2, 0) is 4.79 Å². The Bertz CT molecular complexity index is 746. The summed E-state index contributed by atoms with van der Waals surface area (Å²) < 4.78 is 11.3. The number of thioether (sulfide) groups is 1. The van der Waals surface area contributed by atoms with E-state index in [0.717, 1.165) is 28.4 Å². The highest BCUT2D eigenvalue weighted by atomic mass is 32.2. The third kappa shape index (κ3) is 4.48. The molecule has 0 saturated heterocycles. The number of carbonyl (C=O) groups excluding carboxylic acids is 1. The molecule has 0 bridgehead atoms. The molecule has 4 nitrogen and oxygen atoms in total. The third-order valence-electron chi connectivity index (χ3n) is 4.13. The molecule has 2 aromatic carbocycles. The predicted octanol–water partition coefficient (Wildman–Crippen LogP) is 4.21. The van der Waals surface area contributed by atoms with E-state index in [1.54, 1.807) is 18.9 Å². The van der Waals surface area contributed by atoms with E-state index in [-0.39, 0.29) is 17.6 Å². The Balaban J connectivity index is 1.70. The maximum atomic E-state index is 12.4. The van der Waals surface area contributed by atoms with Crippen molar-refractivity contribution in [1.29, 1.82) is 0 Å². The van der Waals surface area contributed by atoms with Crippen molar-refractivity contribution in [1.82, 2.24) is 5.32 Å². The zero-order valence-electron chi connectivity index (χ0n) is 14.7. The molecule has 2 aromatic rings. The summed E-state index contributed by atoms with van der Waals surface area (Å²) in [5.74, 6) is 1.95. The van der Waals surface area contributed by atoms with Crippen molar-refractivity contribution in [2.75, 3.05) is 12.9 Å². The molecular formula is C20H23NO3S. The maximum absolute atomic E-state index is 12.4. The van der Waals surface area contributed by atoms with Crippen LogP contribution >= 0.6 is 11.8 Å². The number of benzene rings is 2. The second-order valence-electron chi connectivity index (χ2n) is 6.69. The summed E-state index contributed by atoms with van der Waals surface area (Å²) in [6, 6.07) is 15.6. The average molecular weight is 357 g/mol. The number of rotatable bonds is 5. The van der Waals surface area contributed by atoms with E-state index >= 15 is 0 Å². The Hall–Kier alpha value is -2.14. The zero-order valence-corrected chi connectivity index (χ0v) is 15.6. The molecule has 3 rings (SSSR count). The van der Waals surface area contributed by atoms with E-state index in [9.17, 15) is 4.79 Å². The van der Waals surface area contributed by atoms with Crippen LogP contribution < -0.4 is 14.8 Å². The maximum Gasteiger partial charge on any atom is 0.230 e. The predicted molar refractivity (Wildman–Crippen MR) is 100 cm³/mol. The monoisotopic (exact) mass is 357 g/mol. The van der Waals surface area contributed by atoms with Gasteiger partial charge in [-0.3, -0.25) is 4.79 Å². The smallest absolute Gasteiger partial charge is 0.230 e. The molecule has 0 spiro atoms. The summed E-state index contributed by atoms with van der Waals surface area (Å²) >= 11 is 1.54. The van der Waals surface area contributed by atoms with E-state index < -0.39 is 0 Å². The minimum Gasteiger partial charge on any atom is -0.497 e. The summed E-state index contributed by atoms with van der Waals surface area (Å²) in [6.07, 6.45) is 0.730. The van der Waals surface area contributed by atoms with Gasteiger partial charge in [0, 0.05) is 22.9 Å². The largest absolute Gasteiger partial charge is 0.497 e. The molecule has 1 aliphatic rings. The molecule has 1 amide bonds. The molecule has 1 atom stereocenters. The van der Waals surface area contributed by atoms with Gasteiger partial charge in [0.25, 0.3) is 0 Å². The number of methoxy groups -OCH3 is 1. The number of ether oxygens (including phenoxy) is 2. The molecule has 1 aliphatic heterocycles. The zero-order chi connectivity index (χ0) is 17.9. The van der Waals surface area contributed by atoms with Gasteiger partial charge >= 0.3 is 0 Å². The van der Waals surface area contributed by atoms with Crippen LogP contribution in [0.2, 0.25) is 0 Å². The number of amides is 1. The van der Waals surface area contributed by atoms with Gasteiger partial charge in [-0.1, -0.05) is 18.2 Å². The molecule has 0 fully saturated rings. The molecule has 0 aliphatic carbocycles. The quantitative estimate of drug-likeness (QED) is 0.815. The Morgan fingerprint density at radius 1 is 1.28 bits per heavy atom. The van der Waals surface area contributed by atoms with Crippen LogP contribution in [0.3, 0.4) is 0 Å². The Labute approximate surface area is 152 Å². The van der Waals surface area contributed by atoms with Crippen LogP contribution in [-0.4, -0.2) is 24.4 Å². The third-order valence-corrected chi connectivity index (χ3v) is 5.14. The molecule has 1 N–H and O–H groups in total. The van der Waals surface area contributed by atoms with Gasteiger partial charge in [-0.25, -0.2) is 0 Å². The minimum absolute atomic E-state index is 0.0262. The van der Waals surface area contributed by atoms with Crippen molar-refractivity contribution in [2.24, 2.45) is 0 Å². The lowest BCUT2D eigenvalue weighted by Gasteiger charge is -2.38. The molecule has 25 heavy (non-hydrogen) atoms. The van der Waals surface area contributed by atoms with Crippen molar-refractivity contribution in [2.45, 2.75) is 36.8 Å². The second-order valence-corrected chi connectivity index (χ2v) is 7.74. The van der Waals surface area contributed by atoms with E-state index in [0.29, 0.717) is 5.75 Å². The topological polar surface area (TPSA) is 47.6 Å². The molecule has 0 radical (unpaired) electrons. The molecule has 0 aromatic heterocycles. The Morgan fingerprint density at radius 2 is 2.04 bits per heavy atom. The number of fused-ring (bicyclic) bond motifs is 1. The van der Waals surface area contributed by atoms with Crippen molar-refractivity contribution < 1.29 is 14.3 Å². The molecule has 132 valence electrons. The fourth-order valence-corrected chi connectivity index (χ4v) is 3.72. The van der Waals surface area contributed by atoms with Crippen LogP contribution in [0.1, 0.15) is 31.9 Å². The summed E-state index contributed by atoms with van der Waals surface area (Å²) in [7, 11) is 1.63. The fraction of sp³-hybridized carbons (Fsp3) is 0.350. The summed E-state index contributed by atoms with van der Waals surface area (Å²) in [4.78, 5) is 13.5. The first-order valence-corrected chi connectivity index (χ1v) is 9.29. The van der Waals surface area contributed by atoms with Gasteiger partial charge in [0.1, 0.15) is 17.1 Å². The van der Waals surface area contributed by atoms with Crippen LogP contribution in [0.4, 0.5) is 0 Å². The number of hydrogen-bond acceptors (Lipinski definition) is 4. The normalized spacial score (nSPS) is 18.0. The van der Waals surface area contributed by atoms with Crippen molar-refractivity contribution in [3.8, 4) is 11.5 Å². The molecule has 5 heteroatoms. The highest BCUT2D eigenvalue weighted by Crippen LogP contribution is 2.41. The van der Waals surface area contributed by atoms with Gasteiger partial charge in [-0.15, -0.1) is 11.8 Å². The van der Waals surface area contributed by atoms with E-state index in [1.807, 2.05) is 62.4 Å². The number of hydrogen-bond donors (Lipinski definition) is 1. The van der Waals surface area contributed by atoms with Crippen LogP contribution in [0.25, 0.3) is 0 Å². The van der Waals surface area contributed by atoms with Crippen LogP contribution in [0, 0.1) is 0 Å². The number of nitrogens with one attached hydrogen (secondary N) is 1. The summed E-state index contributed by atoms with van der Waals surface area (Å²) in [6.45, 7) is 4.07. The van der Waals surface area contributed by atoms with Gasteiger partial charge in [-0.2, -0.15) is 0 Å². The lowest BCUT2D eigenvalue weighted by molar-refractivity contribution is -0.119. The Kier molecular flexibility index (Phi) is 5.23. The SMILES string of the molecule is COc1ccc2c(c1)OC(C)(C)CC2NC(=O)CSc1ccccc1. The van der Waals surface area contributed by atoms with Gasteiger partial charge in [0.15, 0.2) is 0 Å². The first kappa shape index (κ1) is 17.7. The molecular weight excluding hydrogens is 334 g/mol. The standard InChI is InChI=1S/C20H23NO3S/c1-20(2)12-17(16-10-9-14(23-3)11-18(16)24-20)21-19(22)13-25-15-7-5-4-6-8-15/h4-11,17H,12-13H2,1-3H3,(H,21,22). The van der Waals surface area contributed by atoms with E-state index in [4.69, 9.17) is 9.47 Å². The van der Waals surface area contributed by atoms with E-state index in [1.165, 1.54) is 0 Å². The van der Waals surface area contributed by atoms with E-state index in [2.05, 4.69) is 5.32 Å². The van der Waals surface area contributed by atoms with Gasteiger partial charge in [0.05, 0.1) is 18.9 Å². The highest BCUT2D eigenvalue weighted by molar-refractivity contribution is 8.00. The van der Waals surface area contributed by atoms with Crippen LogP contribution in [0.15, 0.2) is 53.4 Å². The van der Waals surface area contributed by atoms with Crippen molar-refractivity contribution in [3.63, 3.8) is 0 Å². The minimum atomic E-state index is -0.343. The lowest BCUT2D eigenvalue weighted by atomic mass is 9.89. The average Bonchev–Trinajstić information content (AvgIpc) is 2.59. The van der Waals surface area contributed by atoms with Gasteiger partial charge in [-0.05, 0) is 38.1 Å². The highest BCUT2D eigenvalue weighted by Gasteiger charge is 2.34. The Morgan fingerprint density at radius 3 is 2.76 bits per heavy atom. The molecule has 0 saturated carbocycles. The fourth-order valence-electron chi connectivity index (χ4n) is 2.99. The van der Waals surface area contributed by atoms with Gasteiger partial charge < -0.3 is 14.8 Å². The second kappa shape index (κ2) is 7.40. The van der Waals surface area contributed by atoms with Crippen LogP contribution in [0.5, 0.6) is 11.5 Å².